The van der Waals surface area contributed by atoms with Gasteiger partial charge in [-0.2, -0.15) is 26.3 Å². The van der Waals surface area contributed by atoms with Crippen molar-refractivity contribution in [3.05, 3.63) is 187 Å². The molecule has 0 radical (unpaired) electrons. The van der Waals surface area contributed by atoms with Gasteiger partial charge >= 0.3 is 12.4 Å². The molecule has 10 rings (SSSR count). The van der Waals surface area contributed by atoms with Crippen LogP contribution in [0.5, 0.6) is 0 Å². The molecule has 4 aliphatic heterocycles. The molecule has 82 heavy (non-hydrogen) atoms. The number of nitrogens with zero attached hydrogens (tertiary/aromatic N) is 2. The van der Waals surface area contributed by atoms with Crippen molar-refractivity contribution in [2.24, 2.45) is 0 Å². The summed E-state index contributed by atoms with van der Waals surface area (Å²) in [4.78, 5) is 56.2. The van der Waals surface area contributed by atoms with Gasteiger partial charge in [-0.15, -0.1) is 0 Å². The Morgan fingerprint density at radius 2 is 0.927 bits per heavy atom. The Balaban J connectivity index is 0.000000198. The standard InChI is InChI=1S/2C30H29Cl2F3N4O2/c31-25-11-8-18(12-26(25)32)17-39-22-9-10-23(39)15-21(14-22)38-28(40)16-36-29(41)24-6-1-2-7-27(24)37-20-5-3-4-19(13-20)30(33,34)35;31-20-9-8-18(26(32)13-20)17-39-23-10-11-24(39)15-22(14-23)38-28(40)16-36-29(41)25-6-1-2-7-27(25)37-21-5-3-4-19(12-21)30(33,34)35/h1-8,11-13,21-23,37H,9-10,14-17H2,(H,36,41)(H,38,40);1-9,12-13,22-24,37H,10-11,14-17H2,(H,36,41)(H,38,40). The molecule has 4 fully saturated rings. The Bertz CT molecular complexity index is 3270. The predicted molar refractivity (Wildman–Crippen MR) is 307 cm³/mol. The molecule has 4 saturated heterocycles. The molecule has 6 aromatic rings. The second-order valence-corrected chi connectivity index (χ2v) is 22.6. The SMILES string of the molecule is O=C(CNC(=O)c1ccccc1Nc1cccc(C(F)(F)F)c1)NC1CC2CCC(C1)N2Cc1ccc(Cl)c(Cl)c1.O=C(CNC(=O)c1ccccc1Nc1cccc(C(F)(F)F)c1)NC1CC2CCC(C1)N2Cc1ccc(Cl)cc1Cl. The predicted octanol–water partition coefficient (Wildman–Crippen LogP) is 13.6. The molecular weight excluding hydrogens is 1150 g/mol. The summed E-state index contributed by atoms with van der Waals surface area (Å²) < 4.78 is 78.6. The van der Waals surface area contributed by atoms with E-state index in [1.165, 1.54) is 24.3 Å². The van der Waals surface area contributed by atoms with Crippen LogP contribution in [-0.2, 0) is 35.0 Å². The van der Waals surface area contributed by atoms with Crippen molar-refractivity contribution in [2.45, 2.75) is 113 Å². The van der Waals surface area contributed by atoms with Crippen molar-refractivity contribution in [1.82, 2.24) is 31.1 Å². The second-order valence-electron chi connectivity index (χ2n) is 20.9. The van der Waals surface area contributed by atoms with Gasteiger partial charge in [0.2, 0.25) is 11.8 Å². The van der Waals surface area contributed by atoms with Gasteiger partial charge in [-0.1, -0.05) is 94.9 Å². The molecule has 4 aliphatic rings. The molecule has 0 aliphatic carbocycles. The number of rotatable bonds is 16. The molecule has 4 bridgehead atoms. The summed E-state index contributed by atoms with van der Waals surface area (Å²) in [6.07, 6.45) is -1.48. The number of hydrogen-bond donors (Lipinski definition) is 6. The minimum atomic E-state index is -4.48. The third-order valence-electron chi connectivity index (χ3n) is 15.3. The van der Waals surface area contributed by atoms with Gasteiger partial charge in [0.15, 0.2) is 0 Å². The van der Waals surface area contributed by atoms with Crippen molar-refractivity contribution >= 4 is 92.8 Å². The number of carbonyl (C=O) groups excluding carboxylic acids is 4. The number of nitrogens with one attached hydrogen (secondary N) is 6. The maximum atomic E-state index is 13.1. The summed E-state index contributed by atoms with van der Waals surface area (Å²) >= 11 is 24.7. The molecule has 4 amide bonds. The molecule has 4 atom stereocenters. The highest BCUT2D eigenvalue weighted by Gasteiger charge is 2.43. The first-order valence-corrected chi connectivity index (χ1v) is 28.3. The summed E-state index contributed by atoms with van der Waals surface area (Å²) in [6.45, 7) is 1.08. The Hall–Kier alpha value is -6.54. The maximum Gasteiger partial charge on any atom is 0.416 e. The molecule has 4 unspecified atom stereocenters. The number of amides is 4. The van der Waals surface area contributed by atoms with Crippen LogP contribution < -0.4 is 31.9 Å². The van der Waals surface area contributed by atoms with Crippen molar-refractivity contribution in [2.75, 3.05) is 23.7 Å². The van der Waals surface area contributed by atoms with Gasteiger partial charge in [0.25, 0.3) is 11.8 Å². The summed E-state index contributed by atoms with van der Waals surface area (Å²) in [6, 6.07) is 35.0. The summed E-state index contributed by atoms with van der Waals surface area (Å²) in [5.74, 6) is -1.60. The van der Waals surface area contributed by atoms with Crippen molar-refractivity contribution in [3.63, 3.8) is 0 Å². The number of para-hydroxylation sites is 2. The lowest BCUT2D eigenvalue weighted by molar-refractivity contribution is -0.138. The second kappa shape index (κ2) is 26.4. The molecule has 0 spiro atoms. The lowest BCUT2D eigenvalue weighted by atomic mass is 9.96. The largest absolute Gasteiger partial charge is 0.416 e. The van der Waals surface area contributed by atoms with Gasteiger partial charge in [0.1, 0.15) is 0 Å². The van der Waals surface area contributed by atoms with Crippen LogP contribution in [0.2, 0.25) is 20.1 Å². The van der Waals surface area contributed by atoms with Crippen LogP contribution >= 0.6 is 46.4 Å². The summed E-state index contributed by atoms with van der Waals surface area (Å²) in [7, 11) is 0. The zero-order valence-corrected chi connectivity index (χ0v) is 47.0. The third kappa shape index (κ3) is 15.6. The average molecular weight is 1210 g/mol. The minimum absolute atomic E-state index is 0.00343. The molecule has 0 saturated carbocycles. The zero-order chi connectivity index (χ0) is 58.3. The fourth-order valence-corrected chi connectivity index (χ4v) is 12.3. The molecule has 4 heterocycles. The van der Waals surface area contributed by atoms with Gasteiger partial charge in [-0.25, -0.2) is 0 Å². The molecule has 22 heteroatoms. The Morgan fingerprint density at radius 3 is 1.37 bits per heavy atom. The van der Waals surface area contributed by atoms with Gasteiger partial charge in [-0.05, 0) is 147 Å². The first-order valence-electron chi connectivity index (χ1n) is 26.7. The van der Waals surface area contributed by atoms with E-state index in [4.69, 9.17) is 46.4 Å². The van der Waals surface area contributed by atoms with E-state index in [9.17, 15) is 45.5 Å². The quantitative estimate of drug-likeness (QED) is 0.0525. The molecule has 0 aromatic heterocycles. The number of alkyl halides is 6. The lowest BCUT2D eigenvalue weighted by Crippen LogP contribution is -2.51. The van der Waals surface area contributed by atoms with Gasteiger partial charge in [-0.3, -0.25) is 29.0 Å². The van der Waals surface area contributed by atoms with E-state index in [0.29, 0.717) is 55.6 Å². The minimum Gasteiger partial charge on any atom is -0.355 e. The Labute approximate surface area is 490 Å². The van der Waals surface area contributed by atoms with Crippen LogP contribution in [0.3, 0.4) is 0 Å². The van der Waals surface area contributed by atoms with Gasteiger partial charge in [0.05, 0.1) is 56.8 Å². The van der Waals surface area contributed by atoms with Crippen molar-refractivity contribution in [3.8, 4) is 0 Å². The molecular formula is C60H58Cl4F6N8O4. The topological polar surface area (TPSA) is 147 Å². The number of halogens is 10. The molecule has 432 valence electrons. The molecule has 6 N–H and O–H groups in total. The van der Waals surface area contributed by atoms with Crippen LogP contribution in [0.4, 0.5) is 49.1 Å². The van der Waals surface area contributed by atoms with Crippen LogP contribution in [0.15, 0.2) is 133 Å². The van der Waals surface area contributed by atoms with E-state index in [0.717, 1.165) is 99.8 Å². The Morgan fingerprint density at radius 1 is 0.476 bits per heavy atom. The number of fused-ring (bicyclic) bond motifs is 4. The van der Waals surface area contributed by atoms with E-state index in [1.807, 2.05) is 30.3 Å². The fourth-order valence-electron chi connectivity index (χ4n) is 11.5. The maximum absolute atomic E-state index is 13.1. The summed E-state index contributed by atoms with van der Waals surface area (Å²) in [5, 5.41) is 19.5. The zero-order valence-electron chi connectivity index (χ0n) is 44.0. The number of piperidine rings is 2. The average Bonchev–Trinajstić information content (AvgIpc) is 4.03. The number of benzene rings is 6. The van der Waals surface area contributed by atoms with Crippen molar-refractivity contribution < 1.29 is 45.5 Å². The monoisotopic (exact) mass is 1210 g/mol. The van der Waals surface area contributed by atoms with Crippen LogP contribution in [0, 0.1) is 0 Å². The van der Waals surface area contributed by atoms with E-state index in [-0.39, 0.29) is 59.5 Å². The van der Waals surface area contributed by atoms with E-state index >= 15 is 0 Å². The highest BCUT2D eigenvalue weighted by molar-refractivity contribution is 6.42. The highest BCUT2D eigenvalue weighted by atomic mass is 35.5. The highest BCUT2D eigenvalue weighted by Crippen LogP contribution is 2.40. The van der Waals surface area contributed by atoms with Gasteiger partial charge < -0.3 is 31.9 Å². The van der Waals surface area contributed by atoms with E-state index in [2.05, 4.69) is 41.7 Å². The number of anilines is 4. The van der Waals surface area contributed by atoms with Crippen LogP contribution in [0.25, 0.3) is 0 Å². The Kier molecular flexibility index (Phi) is 19.3. The number of carbonyl (C=O) groups is 4. The van der Waals surface area contributed by atoms with Crippen molar-refractivity contribution in [1.29, 1.82) is 0 Å². The van der Waals surface area contributed by atoms with E-state index < -0.39 is 35.3 Å². The molecule has 12 nitrogen and oxygen atoms in total. The lowest BCUT2D eigenvalue weighted by Gasteiger charge is -2.39. The smallest absolute Gasteiger partial charge is 0.355 e. The van der Waals surface area contributed by atoms with Gasteiger partial charge in [0, 0.05) is 70.8 Å². The fraction of sp³-hybridized carbons (Fsp3) is 0.333. The van der Waals surface area contributed by atoms with Crippen LogP contribution in [-0.4, -0.2) is 82.8 Å². The normalized spacial score (nSPS) is 20.5. The first kappa shape index (κ1) is 60.1. The van der Waals surface area contributed by atoms with E-state index in [1.54, 1.807) is 54.6 Å². The third-order valence-corrected chi connectivity index (χ3v) is 16.6. The first-order chi connectivity index (χ1) is 39.1. The molecule has 6 aromatic carbocycles. The summed E-state index contributed by atoms with van der Waals surface area (Å²) in [5.41, 5.74) is 2.01. The number of hydrogen-bond acceptors (Lipinski definition) is 8. The van der Waals surface area contributed by atoms with Crippen LogP contribution in [0.1, 0.15) is 94.3 Å².